The number of rotatable bonds is 8. The molecule has 0 spiro atoms. The molecule has 2 N–H and O–H groups in total. The quantitative estimate of drug-likeness (QED) is 0.525. The maximum Gasteiger partial charge on any atom is 0.255 e. The van der Waals surface area contributed by atoms with Gasteiger partial charge in [-0.2, -0.15) is 0 Å². The van der Waals surface area contributed by atoms with E-state index in [0.29, 0.717) is 35.7 Å². The van der Waals surface area contributed by atoms with Crippen LogP contribution >= 0.6 is 0 Å². The van der Waals surface area contributed by atoms with Crippen LogP contribution in [0.1, 0.15) is 42.1 Å². The summed E-state index contributed by atoms with van der Waals surface area (Å²) in [7, 11) is 0. The van der Waals surface area contributed by atoms with Crippen molar-refractivity contribution in [3.8, 4) is 5.75 Å². The third kappa shape index (κ3) is 5.26. The van der Waals surface area contributed by atoms with E-state index in [1.165, 1.54) is 0 Å². The van der Waals surface area contributed by atoms with Crippen molar-refractivity contribution in [1.82, 2.24) is 0 Å². The number of para-hydroxylation sites is 2. The molecular formula is C25H26N2O3. The average molecular weight is 402 g/mol. The van der Waals surface area contributed by atoms with E-state index in [1.54, 1.807) is 30.3 Å². The van der Waals surface area contributed by atoms with Gasteiger partial charge in [0.2, 0.25) is 5.91 Å². The normalized spacial score (nSPS) is 11.4. The lowest BCUT2D eigenvalue weighted by molar-refractivity contribution is -0.117. The standard InChI is InChI=1S/C25H26N2O3/c1-3-21(18-11-6-5-7-12-18)25(29)26-20-14-10-13-19(17-20)24(28)27-22-15-8-9-16-23(22)30-4-2/h5-17,21H,3-4H2,1-2H3,(H,26,29)(H,27,28)/t21-/m1/s1. The molecule has 0 aliphatic rings. The van der Waals surface area contributed by atoms with Gasteiger partial charge in [0.1, 0.15) is 5.75 Å². The zero-order valence-corrected chi connectivity index (χ0v) is 17.2. The van der Waals surface area contributed by atoms with Crippen molar-refractivity contribution in [3.05, 3.63) is 90.0 Å². The topological polar surface area (TPSA) is 67.4 Å². The van der Waals surface area contributed by atoms with Gasteiger partial charge < -0.3 is 15.4 Å². The summed E-state index contributed by atoms with van der Waals surface area (Å²) >= 11 is 0. The summed E-state index contributed by atoms with van der Waals surface area (Å²) in [5.41, 5.74) is 2.61. The van der Waals surface area contributed by atoms with Gasteiger partial charge in [-0.3, -0.25) is 9.59 Å². The Morgan fingerprint density at radius 2 is 1.60 bits per heavy atom. The highest BCUT2D eigenvalue weighted by molar-refractivity contribution is 6.06. The van der Waals surface area contributed by atoms with Crippen LogP contribution in [-0.2, 0) is 4.79 Å². The first kappa shape index (κ1) is 21.1. The molecule has 0 saturated carbocycles. The largest absolute Gasteiger partial charge is 0.492 e. The Balaban J connectivity index is 1.73. The predicted molar refractivity (Wildman–Crippen MR) is 120 cm³/mol. The van der Waals surface area contributed by atoms with Crippen molar-refractivity contribution in [2.45, 2.75) is 26.2 Å². The Morgan fingerprint density at radius 1 is 0.867 bits per heavy atom. The molecule has 0 fully saturated rings. The highest BCUT2D eigenvalue weighted by atomic mass is 16.5. The minimum absolute atomic E-state index is 0.0945. The van der Waals surface area contributed by atoms with Crippen molar-refractivity contribution >= 4 is 23.2 Å². The Hall–Kier alpha value is -3.60. The summed E-state index contributed by atoms with van der Waals surface area (Å²) in [4.78, 5) is 25.5. The number of hydrogen-bond donors (Lipinski definition) is 2. The van der Waals surface area contributed by atoms with Gasteiger partial charge in [-0.05, 0) is 49.2 Å². The molecule has 0 unspecified atom stereocenters. The van der Waals surface area contributed by atoms with Gasteiger partial charge in [0.05, 0.1) is 18.2 Å². The van der Waals surface area contributed by atoms with E-state index in [4.69, 9.17) is 4.74 Å². The van der Waals surface area contributed by atoms with Crippen molar-refractivity contribution < 1.29 is 14.3 Å². The van der Waals surface area contributed by atoms with E-state index < -0.39 is 0 Å². The number of benzene rings is 3. The molecule has 154 valence electrons. The molecule has 5 nitrogen and oxygen atoms in total. The van der Waals surface area contributed by atoms with E-state index in [1.807, 2.05) is 62.4 Å². The van der Waals surface area contributed by atoms with Gasteiger partial charge >= 0.3 is 0 Å². The van der Waals surface area contributed by atoms with Gasteiger partial charge in [-0.25, -0.2) is 0 Å². The molecule has 0 heterocycles. The van der Waals surface area contributed by atoms with Crippen LogP contribution in [-0.4, -0.2) is 18.4 Å². The van der Waals surface area contributed by atoms with Crippen molar-refractivity contribution in [3.63, 3.8) is 0 Å². The summed E-state index contributed by atoms with van der Waals surface area (Å²) in [6.45, 7) is 4.38. The van der Waals surface area contributed by atoms with Crippen LogP contribution in [0.2, 0.25) is 0 Å². The lowest BCUT2D eigenvalue weighted by Crippen LogP contribution is -2.21. The lowest BCUT2D eigenvalue weighted by atomic mass is 9.95. The molecule has 0 bridgehead atoms. The second kappa shape index (κ2) is 10.3. The lowest BCUT2D eigenvalue weighted by Gasteiger charge is -2.16. The minimum Gasteiger partial charge on any atom is -0.492 e. The second-order valence-electron chi connectivity index (χ2n) is 6.82. The van der Waals surface area contributed by atoms with Crippen LogP contribution in [0.3, 0.4) is 0 Å². The Kier molecular flexibility index (Phi) is 7.22. The number of anilines is 2. The van der Waals surface area contributed by atoms with E-state index in [9.17, 15) is 9.59 Å². The monoisotopic (exact) mass is 402 g/mol. The molecule has 5 heteroatoms. The molecule has 0 radical (unpaired) electrons. The number of carbonyl (C=O) groups is 2. The van der Waals surface area contributed by atoms with Crippen molar-refractivity contribution in [2.24, 2.45) is 0 Å². The summed E-state index contributed by atoms with van der Waals surface area (Å²) in [6.07, 6.45) is 0.685. The highest BCUT2D eigenvalue weighted by Crippen LogP contribution is 2.25. The number of amides is 2. The molecule has 3 rings (SSSR count). The molecule has 0 aliphatic heterocycles. The van der Waals surface area contributed by atoms with Gasteiger partial charge in [-0.15, -0.1) is 0 Å². The Bertz CT molecular complexity index is 1000. The fraction of sp³-hybridized carbons (Fsp3) is 0.200. The first-order chi connectivity index (χ1) is 14.6. The third-order valence-electron chi connectivity index (χ3n) is 4.75. The van der Waals surface area contributed by atoms with Crippen LogP contribution in [0.5, 0.6) is 5.75 Å². The SMILES string of the molecule is CCOc1ccccc1NC(=O)c1cccc(NC(=O)[C@H](CC)c2ccccc2)c1. The maximum atomic E-state index is 12.8. The van der Waals surface area contributed by atoms with Crippen LogP contribution in [0.25, 0.3) is 0 Å². The molecular weight excluding hydrogens is 376 g/mol. The Labute approximate surface area is 177 Å². The van der Waals surface area contributed by atoms with E-state index in [0.717, 1.165) is 5.56 Å². The average Bonchev–Trinajstić information content (AvgIpc) is 2.77. The minimum atomic E-state index is -0.270. The number of hydrogen-bond acceptors (Lipinski definition) is 3. The number of ether oxygens (including phenoxy) is 1. The second-order valence-corrected chi connectivity index (χ2v) is 6.82. The molecule has 2 amide bonds. The summed E-state index contributed by atoms with van der Waals surface area (Å²) in [5.74, 6) is 0.00418. The molecule has 3 aromatic carbocycles. The van der Waals surface area contributed by atoms with Crippen LogP contribution in [0.4, 0.5) is 11.4 Å². The van der Waals surface area contributed by atoms with E-state index in [-0.39, 0.29) is 17.7 Å². The van der Waals surface area contributed by atoms with Crippen LogP contribution < -0.4 is 15.4 Å². The zero-order chi connectivity index (χ0) is 21.3. The molecule has 0 aliphatic carbocycles. The highest BCUT2D eigenvalue weighted by Gasteiger charge is 2.19. The van der Waals surface area contributed by atoms with Crippen LogP contribution in [0, 0.1) is 0 Å². The fourth-order valence-corrected chi connectivity index (χ4v) is 3.27. The first-order valence-electron chi connectivity index (χ1n) is 10.1. The van der Waals surface area contributed by atoms with Gasteiger partial charge in [-0.1, -0.05) is 55.5 Å². The third-order valence-corrected chi connectivity index (χ3v) is 4.75. The predicted octanol–water partition coefficient (Wildman–Crippen LogP) is 5.47. The smallest absolute Gasteiger partial charge is 0.255 e. The maximum absolute atomic E-state index is 12.8. The Morgan fingerprint density at radius 3 is 2.33 bits per heavy atom. The number of carbonyl (C=O) groups excluding carboxylic acids is 2. The molecule has 0 aromatic heterocycles. The molecule has 3 aromatic rings. The molecule has 30 heavy (non-hydrogen) atoms. The van der Waals surface area contributed by atoms with E-state index in [2.05, 4.69) is 10.6 Å². The number of nitrogens with one attached hydrogen (secondary N) is 2. The summed E-state index contributed by atoms with van der Waals surface area (Å²) in [6, 6.07) is 23.9. The molecule has 1 atom stereocenters. The summed E-state index contributed by atoms with van der Waals surface area (Å²) < 4.78 is 5.56. The zero-order valence-electron chi connectivity index (χ0n) is 17.2. The van der Waals surface area contributed by atoms with Gasteiger partial charge in [0.15, 0.2) is 0 Å². The van der Waals surface area contributed by atoms with Crippen LogP contribution in [0.15, 0.2) is 78.9 Å². The summed E-state index contributed by atoms with van der Waals surface area (Å²) in [5, 5.41) is 5.81. The molecule has 0 saturated heterocycles. The van der Waals surface area contributed by atoms with Crippen molar-refractivity contribution in [1.29, 1.82) is 0 Å². The van der Waals surface area contributed by atoms with E-state index >= 15 is 0 Å². The van der Waals surface area contributed by atoms with Gasteiger partial charge in [0.25, 0.3) is 5.91 Å². The van der Waals surface area contributed by atoms with Crippen molar-refractivity contribution in [2.75, 3.05) is 17.2 Å². The first-order valence-corrected chi connectivity index (χ1v) is 10.1. The van der Waals surface area contributed by atoms with Gasteiger partial charge in [0, 0.05) is 11.3 Å². The fourth-order valence-electron chi connectivity index (χ4n) is 3.27.